The standard InChI is InChI=1S/C20H18ClNO4/c1-26-12-11-22-17(13-5-3-2-4-6-13)16(19(24)20(22)25)18(23)14-7-9-15(21)10-8-14/h2-10,17,23H,11-12H2,1H3/t17-/m0/s1. The molecule has 1 saturated heterocycles. The van der Waals surface area contributed by atoms with E-state index in [9.17, 15) is 14.7 Å². The fraction of sp³-hybridized carbons (Fsp3) is 0.200. The van der Waals surface area contributed by atoms with Crippen molar-refractivity contribution >= 4 is 29.1 Å². The monoisotopic (exact) mass is 371 g/mol. The van der Waals surface area contributed by atoms with Crippen molar-refractivity contribution in [2.75, 3.05) is 20.3 Å². The number of methoxy groups -OCH3 is 1. The Morgan fingerprint density at radius 1 is 1.12 bits per heavy atom. The van der Waals surface area contributed by atoms with Crippen molar-refractivity contribution in [2.45, 2.75) is 6.04 Å². The van der Waals surface area contributed by atoms with E-state index in [0.717, 1.165) is 5.56 Å². The summed E-state index contributed by atoms with van der Waals surface area (Å²) >= 11 is 5.89. The molecule has 0 saturated carbocycles. The molecule has 1 atom stereocenters. The van der Waals surface area contributed by atoms with Gasteiger partial charge < -0.3 is 14.7 Å². The molecule has 1 aliphatic rings. The molecule has 0 spiro atoms. The van der Waals surface area contributed by atoms with Gasteiger partial charge in [0.15, 0.2) is 0 Å². The summed E-state index contributed by atoms with van der Waals surface area (Å²) in [7, 11) is 1.53. The molecule has 0 bridgehead atoms. The third kappa shape index (κ3) is 3.36. The number of hydrogen-bond donors (Lipinski definition) is 1. The number of carbonyl (C=O) groups is 2. The first-order chi connectivity index (χ1) is 12.5. The normalized spacial score (nSPS) is 19.2. The van der Waals surface area contributed by atoms with Gasteiger partial charge in [0, 0.05) is 24.2 Å². The maximum Gasteiger partial charge on any atom is 0.295 e. The summed E-state index contributed by atoms with van der Waals surface area (Å²) in [6.45, 7) is 0.537. The van der Waals surface area contributed by atoms with Crippen LogP contribution in [-0.2, 0) is 14.3 Å². The third-order valence-corrected chi connectivity index (χ3v) is 4.56. The molecule has 6 heteroatoms. The van der Waals surface area contributed by atoms with E-state index in [0.29, 0.717) is 10.6 Å². The lowest BCUT2D eigenvalue weighted by molar-refractivity contribution is -0.140. The van der Waals surface area contributed by atoms with Crippen LogP contribution in [-0.4, -0.2) is 42.0 Å². The maximum atomic E-state index is 12.7. The van der Waals surface area contributed by atoms with Crippen LogP contribution in [0.15, 0.2) is 60.2 Å². The molecule has 0 radical (unpaired) electrons. The van der Waals surface area contributed by atoms with Crippen LogP contribution in [0.25, 0.3) is 5.76 Å². The van der Waals surface area contributed by atoms with Crippen molar-refractivity contribution in [1.29, 1.82) is 0 Å². The van der Waals surface area contributed by atoms with E-state index in [1.54, 1.807) is 24.3 Å². The van der Waals surface area contributed by atoms with Crippen molar-refractivity contribution in [1.82, 2.24) is 4.90 Å². The Bertz CT molecular complexity index is 846. The van der Waals surface area contributed by atoms with Crippen molar-refractivity contribution < 1.29 is 19.4 Å². The number of amides is 1. The Hall–Kier alpha value is -2.63. The highest BCUT2D eigenvalue weighted by molar-refractivity contribution is 6.46. The number of likely N-dealkylation sites (tertiary alicyclic amines) is 1. The summed E-state index contributed by atoms with van der Waals surface area (Å²) in [4.78, 5) is 26.7. The van der Waals surface area contributed by atoms with Crippen LogP contribution < -0.4 is 0 Å². The molecule has 1 fully saturated rings. The van der Waals surface area contributed by atoms with Gasteiger partial charge in [-0.15, -0.1) is 0 Å². The number of ketones is 1. The maximum absolute atomic E-state index is 12.7. The highest BCUT2D eigenvalue weighted by Gasteiger charge is 2.45. The summed E-state index contributed by atoms with van der Waals surface area (Å²) in [6, 6.07) is 15.0. The predicted octanol–water partition coefficient (Wildman–Crippen LogP) is 3.41. The second kappa shape index (κ2) is 7.72. The van der Waals surface area contributed by atoms with Crippen LogP contribution in [0.4, 0.5) is 0 Å². The molecule has 0 unspecified atom stereocenters. The van der Waals surface area contributed by atoms with Gasteiger partial charge >= 0.3 is 0 Å². The molecule has 26 heavy (non-hydrogen) atoms. The largest absolute Gasteiger partial charge is 0.507 e. The SMILES string of the molecule is COCCN1C(=O)C(=O)C(=C(O)c2ccc(Cl)cc2)[C@@H]1c1ccccc1. The van der Waals surface area contributed by atoms with E-state index >= 15 is 0 Å². The van der Waals surface area contributed by atoms with Gasteiger partial charge in [-0.25, -0.2) is 0 Å². The number of ether oxygens (including phenoxy) is 1. The summed E-state index contributed by atoms with van der Waals surface area (Å²) in [5.41, 5.74) is 1.25. The topological polar surface area (TPSA) is 66.8 Å². The Morgan fingerprint density at radius 3 is 2.38 bits per heavy atom. The van der Waals surface area contributed by atoms with Crippen LogP contribution in [0.2, 0.25) is 5.02 Å². The molecule has 2 aromatic carbocycles. The number of halogens is 1. The molecule has 0 aromatic heterocycles. The van der Waals surface area contributed by atoms with Gasteiger partial charge in [0.2, 0.25) is 0 Å². The van der Waals surface area contributed by atoms with E-state index < -0.39 is 17.7 Å². The van der Waals surface area contributed by atoms with Crippen molar-refractivity contribution in [3.8, 4) is 0 Å². The third-order valence-electron chi connectivity index (χ3n) is 4.31. The molecule has 1 N–H and O–H groups in total. The smallest absolute Gasteiger partial charge is 0.295 e. The highest BCUT2D eigenvalue weighted by Crippen LogP contribution is 2.39. The molecule has 134 valence electrons. The zero-order valence-corrected chi connectivity index (χ0v) is 14.9. The number of rotatable bonds is 5. The number of benzene rings is 2. The van der Waals surface area contributed by atoms with E-state index in [2.05, 4.69) is 0 Å². The van der Waals surface area contributed by atoms with Gasteiger partial charge in [-0.1, -0.05) is 41.9 Å². The lowest BCUT2D eigenvalue weighted by Crippen LogP contribution is -2.32. The van der Waals surface area contributed by atoms with E-state index in [-0.39, 0.29) is 24.5 Å². The Morgan fingerprint density at radius 2 is 1.77 bits per heavy atom. The molecular weight excluding hydrogens is 354 g/mol. The van der Waals surface area contributed by atoms with E-state index in [1.807, 2.05) is 30.3 Å². The molecule has 2 aromatic rings. The number of Topliss-reactive ketones (excluding diaryl/α,β-unsaturated/α-hetero) is 1. The summed E-state index contributed by atoms with van der Waals surface area (Å²) in [6.07, 6.45) is 0. The summed E-state index contributed by atoms with van der Waals surface area (Å²) < 4.78 is 5.07. The molecular formula is C20H18ClNO4. The van der Waals surface area contributed by atoms with Crippen molar-refractivity contribution in [2.24, 2.45) is 0 Å². The van der Waals surface area contributed by atoms with Crippen LogP contribution in [0.5, 0.6) is 0 Å². The van der Waals surface area contributed by atoms with Crippen molar-refractivity contribution in [3.05, 3.63) is 76.3 Å². The predicted molar refractivity (Wildman–Crippen MR) is 98.8 cm³/mol. The van der Waals surface area contributed by atoms with Crippen LogP contribution in [0, 0.1) is 0 Å². The Balaban J connectivity index is 2.14. The minimum absolute atomic E-state index is 0.0691. The quantitative estimate of drug-likeness (QED) is 0.497. The molecule has 3 rings (SSSR count). The van der Waals surface area contributed by atoms with Gasteiger partial charge in [0.25, 0.3) is 11.7 Å². The zero-order chi connectivity index (χ0) is 18.7. The van der Waals surface area contributed by atoms with Crippen LogP contribution in [0.3, 0.4) is 0 Å². The average molecular weight is 372 g/mol. The number of aliphatic hydroxyl groups is 1. The van der Waals surface area contributed by atoms with Gasteiger partial charge in [0.05, 0.1) is 18.2 Å². The number of carbonyl (C=O) groups excluding carboxylic acids is 2. The molecule has 1 heterocycles. The van der Waals surface area contributed by atoms with Gasteiger partial charge in [-0.2, -0.15) is 0 Å². The minimum atomic E-state index is -0.706. The van der Waals surface area contributed by atoms with Gasteiger partial charge in [-0.3, -0.25) is 9.59 Å². The first kappa shape index (κ1) is 18.2. The first-order valence-corrected chi connectivity index (χ1v) is 8.50. The number of hydrogen-bond acceptors (Lipinski definition) is 4. The van der Waals surface area contributed by atoms with Gasteiger partial charge in [-0.05, 0) is 29.8 Å². The number of aliphatic hydroxyl groups excluding tert-OH is 1. The lowest BCUT2D eigenvalue weighted by Gasteiger charge is -2.25. The molecule has 1 aliphatic heterocycles. The Kier molecular flexibility index (Phi) is 5.40. The lowest BCUT2D eigenvalue weighted by atomic mass is 9.95. The van der Waals surface area contributed by atoms with E-state index in [4.69, 9.17) is 16.3 Å². The second-order valence-corrected chi connectivity index (χ2v) is 6.34. The molecule has 0 aliphatic carbocycles. The first-order valence-electron chi connectivity index (χ1n) is 8.13. The van der Waals surface area contributed by atoms with E-state index in [1.165, 1.54) is 12.0 Å². The fourth-order valence-electron chi connectivity index (χ4n) is 3.05. The minimum Gasteiger partial charge on any atom is -0.507 e. The zero-order valence-electron chi connectivity index (χ0n) is 14.2. The van der Waals surface area contributed by atoms with Crippen LogP contribution >= 0.6 is 11.6 Å². The summed E-state index contributed by atoms with van der Waals surface area (Å²) in [5.74, 6) is -1.57. The average Bonchev–Trinajstić information content (AvgIpc) is 2.91. The fourth-order valence-corrected chi connectivity index (χ4v) is 3.17. The highest BCUT2D eigenvalue weighted by atomic mass is 35.5. The van der Waals surface area contributed by atoms with Gasteiger partial charge in [0.1, 0.15) is 5.76 Å². The Labute approximate surface area is 156 Å². The second-order valence-electron chi connectivity index (χ2n) is 5.90. The van der Waals surface area contributed by atoms with Crippen LogP contribution in [0.1, 0.15) is 17.2 Å². The molecule has 5 nitrogen and oxygen atoms in total. The van der Waals surface area contributed by atoms with Crippen molar-refractivity contribution in [3.63, 3.8) is 0 Å². The summed E-state index contributed by atoms with van der Waals surface area (Å²) in [5, 5.41) is 11.3. The number of nitrogens with zero attached hydrogens (tertiary/aromatic N) is 1. The molecule has 1 amide bonds.